The highest BCUT2D eigenvalue weighted by molar-refractivity contribution is 5.73. The first-order valence-electron chi connectivity index (χ1n) is 7.15. The van der Waals surface area contributed by atoms with E-state index in [-0.39, 0.29) is 18.1 Å². The van der Waals surface area contributed by atoms with Crippen LogP contribution in [0.1, 0.15) is 17.2 Å². The fraction of sp³-hybridized carbons (Fsp3) is 0.235. The molecule has 0 aromatic heterocycles. The van der Waals surface area contributed by atoms with Crippen LogP contribution in [0.4, 0.5) is 9.18 Å². The van der Waals surface area contributed by atoms with E-state index in [2.05, 4.69) is 10.6 Å². The normalized spacial score (nSPS) is 11.7. The van der Waals surface area contributed by atoms with Crippen LogP contribution < -0.4 is 10.6 Å². The zero-order chi connectivity index (χ0) is 15.8. The number of amides is 2. The first kappa shape index (κ1) is 16.0. The van der Waals surface area contributed by atoms with Crippen LogP contribution in [-0.4, -0.2) is 24.2 Å². The largest absolute Gasteiger partial charge is 0.386 e. The molecule has 2 rings (SSSR count). The summed E-state index contributed by atoms with van der Waals surface area (Å²) in [4.78, 5) is 11.6. The Morgan fingerprint density at radius 1 is 1.05 bits per heavy atom. The monoisotopic (exact) mass is 302 g/mol. The van der Waals surface area contributed by atoms with Crippen LogP contribution in [-0.2, 0) is 6.42 Å². The maximum absolute atomic E-state index is 13.5. The molecule has 4 nitrogen and oxygen atoms in total. The van der Waals surface area contributed by atoms with E-state index in [0.717, 1.165) is 12.0 Å². The third-order valence-electron chi connectivity index (χ3n) is 3.26. The standard InChI is InChI=1S/C17H19FN2O2/c18-15-9-5-4-8-14(15)16(21)12-20-17(22)19-11-10-13-6-2-1-3-7-13/h1-9,16,21H,10-12H2,(H2,19,20,22). The first-order chi connectivity index (χ1) is 10.7. The lowest BCUT2D eigenvalue weighted by molar-refractivity contribution is 0.169. The fourth-order valence-electron chi connectivity index (χ4n) is 2.07. The molecule has 0 spiro atoms. The molecule has 1 unspecified atom stereocenters. The second kappa shape index (κ2) is 8.14. The van der Waals surface area contributed by atoms with Gasteiger partial charge in [0.15, 0.2) is 0 Å². The van der Waals surface area contributed by atoms with Gasteiger partial charge >= 0.3 is 6.03 Å². The Morgan fingerprint density at radius 3 is 2.45 bits per heavy atom. The van der Waals surface area contributed by atoms with Gasteiger partial charge in [0, 0.05) is 18.7 Å². The molecular weight excluding hydrogens is 283 g/mol. The Balaban J connectivity index is 1.70. The lowest BCUT2D eigenvalue weighted by atomic mass is 10.1. The number of urea groups is 1. The summed E-state index contributed by atoms with van der Waals surface area (Å²) in [5.41, 5.74) is 1.31. The van der Waals surface area contributed by atoms with Crippen molar-refractivity contribution in [3.05, 3.63) is 71.5 Å². The smallest absolute Gasteiger partial charge is 0.314 e. The molecule has 0 saturated heterocycles. The van der Waals surface area contributed by atoms with Gasteiger partial charge in [-0.05, 0) is 18.1 Å². The number of aliphatic hydroxyl groups excluding tert-OH is 1. The highest BCUT2D eigenvalue weighted by Gasteiger charge is 2.12. The van der Waals surface area contributed by atoms with E-state index in [1.807, 2.05) is 30.3 Å². The minimum Gasteiger partial charge on any atom is -0.386 e. The lowest BCUT2D eigenvalue weighted by Gasteiger charge is -2.13. The summed E-state index contributed by atoms with van der Waals surface area (Å²) in [6, 6.07) is 15.4. The Bertz CT molecular complexity index is 605. The van der Waals surface area contributed by atoms with Gasteiger partial charge in [0.05, 0.1) is 6.10 Å². The maximum atomic E-state index is 13.5. The van der Waals surface area contributed by atoms with Crippen LogP contribution >= 0.6 is 0 Å². The molecule has 2 aromatic carbocycles. The number of hydrogen-bond acceptors (Lipinski definition) is 2. The van der Waals surface area contributed by atoms with Crippen molar-refractivity contribution in [3.63, 3.8) is 0 Å². The van der Waals surface area contributed by atoms with Crippen molar-refractivity contribution in [2.24, 2.45) is 0 Å². The lowest BCUT2D eigenvalue weighted by Crippen LogP contribution is -2.38. The van der Waals surface area contributed by atoms with Gasteiger partial charge in [0.2, 0.25) is 0 Å². The fourth-order valence-corrected chi connectivity index (χ4v) is 2.07. The van der Waals surface area contributed by atoms with Crippen molar-refractivity contribution in [2.45, 2.75) is 12.5 Å². The van der Waals surface area contributed by atoms with Crippen molar-refractivity contribution < 1.29 is 14.3 Å². The average Bonchev–Trinajstić information content (AvgIpc) is 2.54. The molecule has 0 saturated carbocycles. The molecule has 0 aliphatic rings. The minimum absolute atomic E-state index is 0.0435. The Hall–Kier alpha value is -2.40. The van der Waals surface area contributed by atoms with E-state index >= 15 is 0 Å². The Kier molecular flexibility index (Phi) is 5.91. The van der Waals surface area contributed by atoms with Gasteiger partial charge < -0.3 is 15.7 Å². The molecule has 0 radical (unpaired) electrons. The molecule has 0 heterocycles. The van der Waals surface area contributed by atoms with Crippen molar-refractivity contribution in [3.8, 4) is 0 Å². The quantitative estimate of drug-likeness (QED) is 0.767. The molecule has 3 N–H and O–H groups in total. The molecule has 2 amide bonds. The molecule has 116 valence electrons. The highest BCUT2D eigenvalue weighted by atomic mass is 19.1. The Labute approximate surface area is 129 Å². The molecular formula is C17H19FN2O2. The zero-order valence-electron chi connectivity index (χ0n) is 12.1. The summed E-state index contributed by atoms with van der Waals surface area (Å²) in [6.45, 7) is 0.448. The van der Waals surface area contributed by atoms with Gasteiger partial charge in [-0.3, -0.25) is 0 Å². The topological polar surface area (TPSA) is 61.4 Å². The summed E-state index contributed by atoms with van der Waals surface area (Å²) in [5, 5.41) is 15.1. The zero-order valence-corrected chi connectivity index (χ0v) is 12.1. The third kappa shape index (κ3) is 4.86. The second-order valence-electron chi connectivity index (χ2n) is 4.91. The molecule has 22 heavy (non-hydrogen) atoms. The van der Waals surface area contributed by atoms with Crippen molar-refractivity contribution in [1.82, 2.24) is 10.6 Å². The van der Waals surface area contributed by atoms with E-state index in [1.54, 1.807) is 12.1 Å². The van der Waals surface area contributed by atoms with Crippen LogP contribution in [0.15, 0.2) is 54.6 Å². The van der Waals surface area contributed by atoms with Gasteiger partial charge in [0.25, 0.3) is 0 Å². The number of halogens is 1. The molecule has 0 aliphatic carbocycles. The van der Waals surface area contributed by atoms with Gasteiger partial charge in [-0.15, -0.1) is 0 Å². The Morgan fingerprint density at radius 2 is 1.73 bits per heavy atom. The number of rotatable bonds is 6. The van der Waals surface area contributed by atoms with Gasteiger partial charge in [0.1, 0.15) is 5.82 Å². The van der Waals surface area contributed by atoms with Crippen LogP contribution in [0.5, 0.6) is 0 Å². The molecule has 1 atom stereocenters. The summed E-state index contributed by atoms with van der Waals surface area (Å²) in [6.07, 6.45) is -0.342. The summed E-state index contributed by atoms with van der Waals surface area (Å²) < 4.78 is 13.5. The second-order valence-corrected chi connectivity index (χ2v) is 4.91. The molecule has 0 bridgehead atoms. The van der Waals surface area contributed by atoms with Crippen LogP contribution in [0, 0.1) is 5.82 Å². The van der Waals surface area contributed by atoms with Gasteiger partial charge in [-0.1, -0.05) is 48.5 Å². The van der Waals surface area contributed by atoms with Crippen molar-refractivity contribution in [1.29, 1.82) is 0 Å². The number of nitrogens with one attached hydrogen (secondary N) is 2. The number of hydrogen-bond donors (Lipinski definition) is 3. The number of benzene rings is 2. The minimum atomic E-state index is -1.07. The molecule has 0 aliphatic heterocycles. The summed E-state index contributed by atoms with van der Waals surface area (Å²) in [7, 11) is 0. The molecule has 5 heteroatoms. The van der Waals surface area contributed by atoms with Crippen LogP contribution in [0.2, 0.25) is 0 Å². The van der Waals surface area contributed by atoms with E-state index in [4.69, 9.17) is 0 Å². The first-order valence-corrected chi connectivity index (χ1v) is 7.15. The summed E-state index contributed by atoms with van der Waals surface area (Å²) in [5.74, 6) is -0.485. The predicted octanol–water partition coefficient (Wildman–Crippen LogP) is 2.40. The van der Waals surface area contributed by atoms with Crippen molar-refractivity contribution in [2.75, 3.05) is 13.1 Å². The SMILES string of the molecule is O=C(NCCc1ccccc1)NCC(O)c1ccccc1F. The van der Waals surface area contributed by atoms with Crippen LogP contribution in [0.25, 0.3) is 0 Å². The van der Waals surface area contributed by atoms with E-state index in [1.165, 1.54) is 12.1 Å². The van der Waals surface area contributed by atoms with Crippen molar-refractivity contribution >= 4 is 6.03 Å². The number of aliphatic hydroxyl groups is 1. The summed E-state index contributed by atoms with van der Waals surface area (Å²) >= 11 is 0. The predicted molar refractivity (Wildman–Crippen MR) is 82.9 cm³/mol. The number of carbonyl (C=O) groups excluding carboxylic acids is 1. The third-order valence-corrected chi connectivity index (χ3v) is 3.26. The molecule has 2 aromatic rings. The average molecular weight is 302 g/mol. The van der Waals surface area contributed by atoms with Crippen LogP contribution in [0.3, 0.4) is 0 Å². The van der Waals surface area contributed by atoms with E-state index in [9.17, 15) is 14.3 Å². The molecule has 0 fully saturated rings. The van der Waals surface area contributed by atoms with Gasteiger partial charge in [-0.25, -0.2) is 9.18 Å². The van der Waals surface area contributed by atoms with E-state index in [0.29, 0.717) is 6.54 Å². The highest BCUT2D eigenvalue weighted by Crippen LogP contribution is 2.15. The number of carbonyl (C=O) groups is 1. The van der Waals surface area contributed by atoms with Gasteiger partial charge in [-0.2, -0.15) is 0 Å². The maximum Gasteiger partial charge on any atom is 0.314 e. The van der Waals surface area contributed by atoms with E-state index < -0.39 is 11.9 Å².